The van der Waals surface area contributed by atoms with Gasteiger partial charge in [0.2, 0.25) is 5.95 Å². The van der Waals surface area contributed by atoms with Crippen LogP contribution in [0.5, 0.6) is 0 Å². The van der Waals surface area contributed by atoms with E-state index in [1.165, 1.54) is 31.7 Å². The molecule has 1 aliphatic heterocycles. The molecule has 1 saturated heterocycles. The molecule has 3 rings (SSSR count). The number of fused-ring (bicyclic) bond motifs is 1. The van der Waals surface area contributed by atoms with Gasteiger partial charge in [0.15, 0.2) is 29.6 Å². The van der Waals surface area contributed by atoms with E-state index in [1.807, 2.05) is 0 Å². The van der Waals surface area contributed by atoms with Crippen molar-refractivity contribution in [3.63, 3.8) is 0 Å². The smallest absolute Gasteiger partial charge is 0.303 e. The molecular formula is C16H19N5O8. The number of anilines is 1. The SMILES string of the molecule is CC(=O)OC[C@H]1OC(n2cnc3c(=O)[nH]c(N)nc32)[C@H](OC(C)=O)[C@@H]1OC(C)=O. The van der Waals surface area contributed by atoms with Crippen molar-refractivity contribution in [2.75, 3.05) is 12.3 Å². The van der Waals surface area contributed by atoms with Crippen molar-refractivity contribution in [3.8, 4) is 0 Å². The predicted molar refractivity (Wildman–Crippen MR) is 94.2 cm³/mol. The minimum atomic E-state index is -1.13. The van der Waals surface area contributed by atoms with E-state index < -0.39 is 48.0 Å². The molecule has 13 heteroatoms. The van der Waals surface area contributed by atoms with Gasteiger partial charge in [-0.25, -0.2) is 4.98 Å². The van der Waals surface area contributed by atoms with E-state index in [-0.39, 0.29) is 23.7 Å². The van der Waals surface area contributed by atoms with Gasteiger partial charge in [0.05, 0.1) is 6.33 Å². The predicted octanol–water partition coefficient (Wildman–Crippen LogP) is -0.974. The largest absolute Gasteiger partial charge is 0.463 e. The Balaban J connectivity index is 2.05. The molecule has 0 aliphatic carbocycles. The van der Waals surface area contributed by atoms with Crippen LogP contribution in [0.3, 0.4) is 0 Å². The Bertz CT molecular complexity index is 1010. The molecule has 2 aromatic heterocycles. The number of rotatable bonds is 5. The monoisotopic (exact) mass is 409 g/mol. The van der Waals surface area contributed by atoms with E-state index in [1.54, 1.807) is 0 Å². The average Bonchev–Trinajstić information content (AvgIpc) is 3.15. The number of nitrogen functional groups attached to an aromatic ring is 1. The van der Waals surface area contributed by atoms with Gasteiger partial charge in [0, 0.05) is 20.8 Å². The molecule has 2 aromatic rings. The van der Waals surface area contributed by atoms with Gasteiger partial charge >= 0.3 is 17.9 Å². The van der Waals surface area contributed by atoms with Crippen molar-refractivity contribution in [1.82, 2.24) is 19.5 Å². The van der Waals surface area contributed by atoms with Gasteiger partial charge in [-0.3, -0.25) is 28.7 Å². The third-order valence-electron chi connectivity index (χ3n) is 4.07. The highest BCUT2D eigenvalue weighted by Crippen LogP contribution is 2.35. The van der Waals surface area contributed by atoms with Crippen LogP contribution in [0.4, 0.5) is 5.95 Å². The third kappa shape index (κ3) is 4.18. The van der Waals surface area contributed by atoms with Crippen LogP contribution in [0.15, 0.2) is 11.1 Å². The van der Waals surface area contributed by atoms with E-state index in [9.17, 15) is 19.2 Å². The molecule has 0 amide bonds. The second-order valence-electron chi connectivity index (χ2n) is 6.29. The molecule has 3 N–H and O–H groups in total. The fraction of sp³-hybridized carbons (Fsp3) is 0.500. The van der Waals surface area contributed by atoms with Crippen molar-refractivity contribution in [2.45, 2.75) is 45.3 Å². The average molecular weight is 409 g/mol. The lowest BCUT2D eigenvalue weighted by Gasteiger charge is -2.23. The standard InChI is InChI=1S/C16H19N5O8/c1-6(22)26-4-9-11(27-7(2)23)12(28-8(3)24)15(29-9)21-5-18-10-13(21)19-16(17)20-14(10)25/h5,9,11-12,15H,4H2,1-3H3,(H3,17,19,20,25)/t9-,11-,12-,15?/m1/s1. The summed E-state index contributed by atoms with van der Waals surface area (Å²) < 4.78 is 22.8. The lowest BCUT2D eigenvalue weighted by Crippen LogP contribution is -2.40. The molecule has 156 valence electrons. The zero-order valence-corrected chi connectivity index (χ0v) is 15.8. The van der Waals surface area contributed by atoms with E-state index >= 15 is 0 Å². The van der Waals surface area contributed by atoms with Gasteiger partial charge in [0.25, 0.3) is 5.56 Å². The van der Waals surface area contributed by atoms with Crippen molar-refractivity contribution < 1.29 is 33.3 Å². The Hall–Kier alpha value is -3.48. The molecule has 0 aromatic carbocycles. The van der Waals surface area contributed by atoms with Crippen LogP contribution in [-0.4, -0.2) is 62.3 Å². The van der Waals surface area contributed by atoms with Crippen LogP contribution in [0, 0.1) is 0 Å². The van der Waals surface area contributed by atoms with Crippen molar-refractivity contribution in [2.24, 2.45) is 0 Å². The van der Waals surface area contributed by atoms with E-state index in [2.05, 4.69) is 15.0 Å². The van der Waals surface area contributed by atoms with Crippen LogP contribution in [-0.2, 0) is 33.3 Å². The van der Waals surface area contributed by atoms with Crippen molar-refractivity contribution in [1.29, 1.82) is 0 Å². The number of nitrogens with two attached hydrogens (primary N) is 1. The maximum Gasteiger partial charge on any atom is 0.303 e. The second-order valence-corrected chi connectivity index (χ2v) is 6.29. The number of ether oxygens (including phenoxy) is 4. The number of carbonyl (C=O) groups excluding carboxylic acids is 3. The van der Waals surface area contributed by atoms with E-state index in [0.717, 1.165) is 0 Å². The highest BCUT2D eigenvalue weighted by molar-refractivity contribution is 5.71. The van der Waals surface area contributed by atoms with Crippen LogP contribution in [0.1, 0.15) is 27.0 Å². The van der Waals surface area contributed by atoms with Crippen LogP contribution >= 0.6 is 0 Å². The third-order valence-corrected chi connectivity index (χ3v) is 4.07. The van der Waals surface area contributed by atoms with E-state index in [4.69, 9.17) is 24.7 Å². The minimum Gasteiger partial charge on any atom is -0.463 e. The molecule has 29 heavy (non-hydrogen) atoms. The summed E-state index contributed by atoms with van der Waals surface area (Å²) in [5, 5.41) is 0. The number of esters is 3. The Morgan fingerprint density at radius 2 is 1.83 bits per heavy atom. The fourth-order valence-electron chi connectivity index (χ4n) is 3.05. The fourth-order valence-corrected chi connectivity index (χ4v) is 3.05. The summed E-state index contributed by atoms with van der Waals surface area (Å²) in [5.74, 6) is -2.04. The maximum absolute atomic E-state index is 12.0. The maximum atomic E-state index is 12.0. The zero-order valence-electron chi connectivity index (χ0n) is 15.8. The Kier molecular flexibility index (Phi) is 5.50. The Morgan fingerprint density at radius 3 is 2.45 bits per heavy atom. The van der Waals surface area contributed by atoms with Gasteiger partial charge in [-0.2, -0.15) is 4.98 Å². The number of aromatic nitrogens is 4. The van der Waals surface area contributed by atoms with Gasteiger partial charge in [-0.1, -0.05) is 0 Å². The van der Waals surface area contributed by atoms with Crippen LogP contribution < -0.4 is 11.3 Å². The normalized spacial score (nSPS) is 23.7. The van der Waals surface area contributed by atoms with Crippen LogP contribution in [0.2, 0.25) is 0 Å². The van der Waals surface area contributed by atoms with Gasteiger partial charge in [-0.15, -0.1) is 0 Å². The summed E-state index contributed by atoms with van der Waals surface area (Å²) in [6.45, 7) is 3.30. The molecule has 1 unspecified atom stereocenters. The number of nitrogens with one attached hydrogen (secondary N) is 1. The first kappa shape index (κ1) is 20.3. The molecule has 0 radical (unpaired) electrons. The molecule has 0 bridgehead atoms. The van der Waals surface area contributed by atoms with Gasteiger partial charge in [-0.05, 0) is 0 Å². The highest BCUT2D eigenvalue weighted by atomic mass is 16.7. The molecule has 1 aliphatic rings. The molecule has 0 spiro atoms. The molecule has 3 heterocycles. The first-order valence-corrected chi connectivity index (χ1v) is 8.53. The molecular weight excluding hydrogens is 390 g/mol. The minimum absolute atomic E-state index is 0.0168. The first-order chi connectivity index (χ1) is 13.7. The van der Waals surface area contributed by atoms with Gasteiger partial charge < -0.3 is 24.7 Å². The highest BCUT2D eigenvalue weighted by Gasteiger charge is 2.51. The molecule has 1 fully saturated rings. The summed E-state index contributed by atoms with van der Waals surface area (Å²) in [6.07, 6.45) is -2.99. The summed E-state index contributed by atoms with van der Waals surface area (Å²) in [5.41, 5.74) is 5.09. The summed E-state index contributed by atoms with van der Waals surface area (Å²) in [7, 11) is 0. The van der Waals surface area contributed by atoms with E-state index in [0.29, 0.717) is 0 Å². The number of aromatic amines is 1. The second kappa shape index (κ2) is 7.87. The molecule has 13 nitrogen and oxygen atoms in total. The zero-order chi connectivity index (χ0) is 21.3. The number of imidazole rings is 1. The quantitative estimate of drug-likeness (QED) is 0.458. The Morgan fingerprint density at radius 1 is 1.17 bits per heavy atom. The first-order valence-electron chi connectivity index (χ1n) is 8.53. The van der Waals surface area contributed by atoms with Crippen LogP contribution in [0.25, 0.3) is 11.2 Å². The lowest BCUT2D eigenvalue weighted by atomic mass is 10.1. The van der Waals surface area contributed by atoms with Gasteiger partial charge in [0.1, 0.15) is 12.7 Å². The number of H-pyrrole nitrogens is 1. The molecule has 4 atom stereocenters. The summed E-state index contributed by atoms with van der Waals surface area (Å²) in [6, 6.07) is 0. The Labute approximate surface area is 163 Å². The topological polar surface area (TPSA) is 178 Å². The molecule has 0 saturated carbocycles. The summed E-state index contributed by atoms with van der Waals surface area (Å²) in [4.78, 5) is 56.9. The number of carbonyl (C=O) groups is 3. The van der Waals surface area contributed by atoms with Crippen molar-refractivity contribution in [3.05, 3.63) is 16.7 Å². The number of hydrogen-bond donors (Lipinski definition) is 2. The summed E-state index contributed by atoms with van der Waals surface area (Å²) >= 11 is 0. The number of nitrogens with zero attached hydrogens (tertiary/aromatic N) is 3. The lowest BCUT2D eigenvalue weighted by molar-refractivity contribution is -0.166. The number of hydrogen-bond acceptors (Lipinski definition) is 11. The van der Waals surface area contributed by atoms with Crippen molar-refractivity contribution >= 4 is 35.0 Å².